The number of amides is 1. The van der Waals surface area contributed by atoms with Gasteiger partial charge in [-0.3, -0.25) is 9.48 Å². The van der Waals surface area contributed by atoms with Crippen molar-refractivity contribution in [2.24, 2.45) is 0 Å². The van der Waals surface area contributed by atoms with Gasteiger partial charge in [0.2, 0.25) is 0 Å². The Hall–Kier alpha value is -2.30. The first-order valence-electron chi connectivity index (χ1n) is 7.82. The zero-order chi connectivity index (χ0) is 15.5. The molecule has 2 heterocycles. The predicted molar refractivity (Wildman–Crippen MR) is 87.2 cm³/mol. The third-order valence-electron chi connectivity index (χ3n) is 4.11. The van der Waals surface area contributed by atoms with Crippen LogP contribution < -0.4 is 4.90 Å². The highest BCUT2D eigenvalue weighted by Gasteiger charge is 2.24. The van der Waals surface area contributed by atoms with Crippen molar-refractivity contribution in [3.05, 3.63) is 47.8 Å². The molecule has 2 aromatic rings. The van der Waals surface area contributed by atoms with Crippen LogP contribution in [0.15, 0.2) is 36.4 Å². The Balaban J connectivity index is 1.67. The van der Waals surface area contributed by atoms with Crippen molar-refractivity contribution < 1.29 is 4.79 Å². The highest BCUT2D eigenvalue weighted by Crippen LogP contribution is 2.17. The summed E-state index contributed by atoms with van der Waals surface area (Å²) < 4.78 is 1.79. The minimum absolute atomic E-state index is 0.0927. The Morgan fingerprint density at radius 1 is 1.14 bits per heavy atom. The van der Waals surface area contributed by atoms with Crippen LogP contribution in [0, 0.1) is 6.92 Å². The van der Waals surface area contributed by atoms with Crippen LogP contribution in [0.25, 0.3) is 0 Å². The lowest BCUT2D eigenvalue weighted by molar-refractivity contribution is 0.0734. The number of anilines is 1. The van der Waals surface area contributed by atoms with E-state index in [9.17, 15) is 4.79 Å². The second kappa shape index (κ2) is 6.22. The molecule has 0 unspecified atom stereocenters. The maximum Gasteiger partial charge on any atom is 0.272 e. The summed E-state index contributed by atoms with van der Waals surface area (Å²) in [5, 5.41) is 4.37. The highest BCUT2D eigenvalue weighted by molar-refractivity contribution is 5.93. The Morgan fingerprint density at radius 3 is 2.45 bits per heavy atom. The third-order valence-corrected chi connectivity index (χ3v) is 4.11. The minimum atomic E-state index is 0.0927. The van der Waals surface area contributed by atoms with E-state index in [1.807, 2.05) is 30.9 Å². The van der Waals surface area contributed by atoms with Gasteiger partial charge in [0.15, 0.2) is 0 Å². The maximum absolute atomic E-state index is 12.7. The van der Waals surface area contributed by atoms with Crippen LogP contribution in [0.5, 0.6) is 0 Å². The molecule has 5 nitrogen and oxygen atoms in total. The molecule has 3 rings (SSSR count). The summed E-state index contributed by atoms with van der Waals surface area (Å²) in [5.74, 6) is 0.0927. The van der Waals surface area contributed by atoms with E-state index in [-0.39, 0.29) is 5.91 Å². The summed E-state index contributed by atoms with van der Waals surface area (Å²) >= 11 is 0. The summed E-state index contributed by atoms with van der Waals surface area (Å²) in [5.41, 5.74) is 2.82. The van der Waals surface area contributed by atoms with Crippen LogP contribution >= 0.6 is 0 Å². The minimum Gasteiger partial charge on any atom is -0.368 e. The van der Waals surface area contributed by atoms with Crippen molar-refractivity contribution in [3.8, 4) is 0 Å². The smallest absolute Gasteiger partial charge is 0.272 e. The summed E-state index contributed by atoms with van der Waals surface area (Å²) in [6, 6.07) is 12.2. The zero-order valence-electron chi connectivity index (χ0n) is 13.2. The number of benzene rings is 1. The Kier molecular flexibility index (Phi) is 4.13. The van der Waals surface area contributed by atoms with Gasteiger partial charge >= 0.3 is 0 Å². The monoisotopic (exact) mass is 298 g/mol. The molecule has 1 amide bonds. The maximum atomic E-state index is 12.7. The van der Waals surface area contributed by atoms with Crippen molar-refractivity contribution in [2.45, 2.75) is 20.4 Å². The molecule has 0 radical (unpaired) electrons. The number of rotatable bonds is 3. The van der Waals surface area contributed by atoms with Crippen molar-refractivity contribution >= 4 is 11.6 Å². The SMILES string of the molecule is CCn1nc(C)cc1C(=O)N1CCN(c2ccccc2)CC1. The second-order valence-corrected chi connectivity index (χ2v) is 5.60. The van der Waals surface area contributed by atoms with E-state index in [0.29, 0.717) is 5.69 Å². The van der Waals surface area contributed by atoms with Gasteiger partial charge in [-0.05, 0) is 32.0 Å². The number of aryl methyl sites for hydroxylation is 2. The number of nitrogens with zero attached hydrogens (tertiary/aromatic N) is 4. The van der Waals surface area contributed by atoms with Gasteiger partial charge in [0, 0.05) is 38.4 Å². The van der Waals surface area contributed by atoms with Gasteiger partial charge < -0.3 is 9.80 Å². The van der Waals surface area contributed by atoms with Crippen LogP contribution in [-0.2, 0) is 6.54 Å². The summed E-state index contributed by atoms with van der Waals surface area (Å²) in [6.07, 6.45) is 0. The van der Waals surface area contributed by atoms with Crippen LogP contribution in [0.3, 0.4) is 0 Å². The average molecular weight is 298 g/mol. The van der Waals surface area contributed by atoms with E-state index in [4.69, 9.17) is 0 Å². The molecule has 1 aliphatic heterocycles. The van der Waals surface area contributed by atoms with Gasteiger partial charge in [0.05, 0.1) is 5.69 Å². The molecule has 0 atom stereocenters. The first kappa shape index (κ1) is 14.6. The molecule has 1 aliphatic rings. The third kappa shape index (κ3) is 2.84. The number of para-hydroxylation sites is 1. The normalized spacial score (nSPS) is 15.2. The number of hydrogen-bond acceptors (Lipinski definition) is 3. The fraction of sp³-hybridized carbons (Fsp3) is 0.412. The number of carbonyl (C=O) groups excluding carboxylic acids is 1. The van der Waals surface area contributed by atoms with Gasteiger partial charge in [-0.2, -0.15) is 5.10 Å². The highest BCUT2D eigenvalue weighted by atomic mass is 16.2. The number of piperazine rings is 1. The number of aromatic nitrogens is 2. The van der Waals surface area contributed by atoms with Crippen LogP contribution in [0.2, 0.25) is 0 Å². The molecule has 1 fully saturated rings. The van der Waals surface area contributed by atoms with Gasteiger partial charge in [-0.15, -0.1) is 0 Å². The molecule has 0 spiro atoms. The van der Waals surface area contributed by atoms with E-state index in [0.717, 1.165) is 38.4 Å². The molecule has 1 saturated heterocycles. The zero-order valence-corrected chi connectivity index (χ0v) is 13.2. The first-order chi connectivity index (χ1) is 10.7. The first-order valence-corrected chi connectivity index (χ1v) is 7.82. The van der Waals surface area contributed by atoms with E-state index < -0.39 is 0 Å². The molecule has 5 heteroatoms. The van der Waals surface area contributed by atoms with Crippen LogP contribution in [-0.4, -0.2) is 46.8 Å². The van der Waals surface area contributed by atoms with Crippen molar-refractivity contribution in [2.75, 3.05) is 31.1 Å². The Bertz CT molecular complexity index is 642. The molecular formula is C17H22N4O. The molecule has 116 valence electrons. The number of carbonyl (C=O) groups is 1. The van der Waals surface area contributed by atoms with E-state index in [1.54, 1.807) is 4.68 Å². The van der Waals surface area contributed by atoms with Gasteiger partial charge in [-0.25, -0.2) is 0 Å². The molecule has 0 N–H and O–H groups in total. The topological polar surface area (TPSA) is 41.4 Å². The molecule has 0 bridgehead atoms. The van der Waals surface area contributed by atoms with Crippen molar-refractivity contribution in [3.63, 3.8) is 0 Å². The van der Waals surface area contributed by atoms with Crippen molar-refractivity contribution in [1.29, 1.82) is 0 Å². The van der Waals surface area contributed by atoms with E-state index in [2.05, 4.69) is 34.3 Å². The molecule has 1 aromatic heterocycles. The van der Waals surface area contributed by atoms with Gasteiger partial charge in [0.25, 0.3) is 5.91 Å². The average Bonchev–Trinajstić information content (AvgIpc) is 2.96. The summed E-state index contributed by atoms with van der Waals surface area (Å²) in [7, 11) is 0. The molecular weight excluding hydrogens is 276 g/mol. The van der Waals surface area contributed by atoms with E-state index in [1.165, 1.54) is 5.69 Å². The Labute approximate surface area is 131 Å². The second-order valence-electron chi connectivity index (χ2n) is 5.60. The largest absolute Gasteiger partial charge is 0.368 e. The fourth-order valence-corrected chi connectivity index (χ4v) is 2.93. The molecule has 0 saturated carbocycles. The predicted octanol–water partition coefficient (Wildman–Crippen LogP) is 2.17. The lowest BCUT2D eigenvalue weighted by Crippen LogP contribution is -2.49. The van der Waals surface area contributed by atoms with Crippen LogP contribution in [0.1, 0.15) is 23.1 Å². The standard InChI is InChI=1S/C17H22N4O/c1-3-21-16(13-14(2)18-21)17(22)20-11-9-19(10-12-20)15-7-5-4-6-8-15/h4-8,13H,3,9-12H2,1-2H3. The van der Waals surface area contributed by atoms with E-state index >= 15 is 0 Å². The number of hydrogen-bond donors (Lipinski definition) is 0. The quantitative estimate of drug-likeness (QED) is 0.872. The Morgan fingerprint density at radius 2 is 1.82 bits per heavy atom. The lowest BCUT2D eigenvalue weighted by atomic mass is 10.2. The van der Waals surface area contributed by atoms with Crippen molar-refractivity contribution in [1.82, 2.24) is 14.7 Å². The van der Waals surface area contributed by atoms with Gasteiger partial charge in [-0.1, -0.05) is 18.2 Å². The molecule has 0 aliphatic carbocycles. The lowest BCUT2D eigenvalue weighted by Gasteiger charge is -2.36. The molecule has 1 aromatic carbocycles. The van der Waals surface area contributed by atoms with Crippen LogP contribution in [0.4, 0.5) is 5.69 Å². The summed E-state index contributed by atoms with van der Waals surface area (Å²) in [6.45, 7) is 7.90. The fourth-order valence-electron chi connectivity index (χ4n) is 2.93. The summed E-state index contributed by atoms with van der Waals surface area (Å²) in [4.78, 5) is 16.9. The molecule has 22 heavy (non-hydrogen) atoms. The van der Waals surface area contributed by atoms with Gasteiger partial charge in [0.1, 0.15) is 5.69 Å².